The van der Waals surface area contributed by atoms with Gasteiger partial charge in [-0.1, -0.05) is 29.5 Å². The SMILES string of the molecule is COC(=O)C[C@H]1C[C@@H](C(OC(C)=O)Sc2ccc(C)cc2)OC(C)(C)O1. The number of thioether (sulfide) groups is 1. The Labute approximate surface area is 158 Å². The van der Waals surface area contributed by atoms with E-state index in [2.05, 4.69) is 0 Å². The van der Waals surface area contributed by atoms with Crippen molar-refractivity contribution in [1.29, 1.82) is 0 Å². The van der Waals surface area contributed by atoms with E-state index in [1.54, 1.807) is 13.8 Å². The van der Waals surface area contributed by atoms with Gasteiger partial charge in [0.2, 0.25) is 0 Å². The molecule has 144 valence electrons. The van der Waals surface area contributed by atoms with Crippen molar-refractivity contribution in [3.05, 3.63) is 29.8 Å². The largest absolute Gasteiger partial charge is 0.469 e. The molecule has 0 radical (unpaired) electrons. The van der Waals surface area contributed by atoms with Crippen LogP contribution < -0.4 is 0 Å². The summed E-state index contributed by atoms with van der Waals surface area (Å²) >= 11 is 1.42. The van der Waals surface area contributed by atoms with Gasteiger partial charge in [0.05, 0.1) is 19.6 Å². The molecule has 0 saturated carbocycles. The van der Waals surface area contributed by atoms with Crippen LogP contribution in [0.15, 0.2) is 29.2 Å². The molecule has 6 nitrogen and oxygen atoms in total. The molecule has 3 atom stereocenters. The number of carbonyl (C=O) groups excluding carboxylic acids is 2. The van der Waals surface area contributed by atoms with Crippen LogP contribution in [0.5, 0.6) is 0 Å². The zero-order valence-corrected chi connectivity index (χ0v) is 16.6. The van der Waals surface area contributed by atoms with Crippen LogP contribution in [-0.4, -0.2) is 42.5 Å². The van der Waals surface area contributed by atoms with Gasteiger partial charge in [0.1, 0.15) is 6.10 Å². The first kappa shape index (κ1) is 20.7. The first-order valence-electron chi connectivity index (χ1n) is 8.51. The van der Waals surface area contributed by atoms with Gasteiger partial charge in [-0.3, -0.25) is 9.59 Å². The number of carbonyl (C=O) groups is 2. The Morgan fingerprint density at radius 3 is 2.50 bits per heavy atom. The molecule has 1 fully saturated rings. The van der Waals surface area contributed by atoms with Crippen LogP contribution >= 0.6 is 11.8 Å². The average molecular weight is 382 g/mol. The van der Waals surface area contributed by atoms with Crippen molar-refractivity contribution in [2.24, 2.45) is 0 Å². The molecule has 0 spiro atoms. The Hall–Kier alpha value is -1.57. The van der Waals surface area contributed by atoms with Gasteiger partial charge < -0.3 is 18.9 Å². The van der Waals surface area contributed by atoms with E-state index in [0.29, 0.717) is 6.42 Å². The van der Waals surface area contributed by atoms with Crippen LogP contribution in [0.4, 0.5) is 0 Å². The maximum atomic E-state index is 11.6. The predicted molar refractivity (Wildman–Crippen MR) is 97.7 cm³/mol. The molecule has 26 heavy (non-hydrogen) atoms. The molecule has 0 amide bonds. The van der Waals surface area contributed by atoms with Gasteiger partial charge in [-0.05, 0) is 32.9 Å². The quantitative estimate of drug-likeness (QED) is 0.424. The lowest BCUT2D eigenvalue weighted by atomic mass is 10.1. The second kappa shape index (κ2) is 8.88. The Morgan fingerprint density at radius 1 is 1.27 bits per heavy atom. The van der Waals surface area contributed by atoms with E-state index in [4.69, 9.17) is 18.9 Å². The van der Waals surface area contributed by atoms with Gasteiger partial charge in [-0.2, -0.15) is 0 Å². The molecule has 0 aliphatic carbocycles. The van der Waals surface area contributed by atoms with Crippen molar-refractivity contribution in [3.63, 3.8) is 0 Å². The molecule has 1 aromatic carbocycles. The summed E-state index contributed by atoms with van der Waals surface area (Å²) in [5.74, 6) is -1.62. The summed E-state index contributed by atoms with van der Waals surface area (Å²) < 4.78 is 22.1. The fourth-order valence-corrected chi connectivity index (χ4v) is 3.86. The zero-order chi connectivity index (χ0) is 19.3. The third-order valence-corrected chi connectivity index (χ3v) is 5.04. The normalized spacial score (nSPS) is 23.1. The first-order valence-corrected chi connectivity index (χ1v) is 9.39. The van der Waals surface area contributed by atoms with Gasteiger partial charge in [0.25, 0.3) is 0 Å². The zero-order valence-electron chi connectivity index (χ0n) is 15.8. The molecule has 1 aliphatic rings. The Balaban J connectivity index is 2.17. The fraction of sp³-hybridized carbons (Fsp3) is 0.579. The Bertz CT molecular complexity index is 627. The molecule has 0 N–H and O–H groups in total. The number of benzene rings is 1. The first-order chi connectivity index (χ1) is 12.2. The minimum absolute atomic E-state index is 0.127. The highest BCUT2D eigenvalue weighted by Gasteiger charge is 2.41. The highest BCUT2D eigenvalue weighted by atomic mass is 32.2. The summed E-state index contributed by atoms with van der Waals surface area (Å²) in [6, 6.07) is 7.96. The summed E-state index contributed by atoms with van der Waals surface area (Å²) in [5.41, 5.74) is 0.610. The van der Waals surface area contributed by atoms with Crippen LogP contribution in [0.2, 0.25) is 0 Å². The van der Waals surface area contributed by atoms with Crippen LogP contribution in [0.1, 0.15) is 39.2 Å². The van der Waals surface area contributed by atoms with E-state index < -0.39 is 17.3 Å². The van der Waals surface area contributed by atoms with E-state index in [0.717, 1.165) is 10.5 Å². The highest BCUT2D eigenvalue weighted by Crippen LogP contribution is 2.36. The van der Waals surface area contributed by atoms with Gasteiger partial charge in [0, 0.05) is 18.2 Å². The van der Waals surface area contributed by atoms with Crippen molar-refractivity contribution in [2.75, 3.05) is 7.11 Å². The number of hydrogen-bond donors (Lipinski definition) is 0. The van der Waals surface area contributed by atoms with Crippen LogP contribution in [0.3, 0.4) is 0 Å². The van der Waals surface area contributed by atoms with Gasteiger partial charge in [0.15, 0.2) is 11.2 Å². The van der Waals surface area contributed by atoms with Crippen LogP contribution in [-0.2, 0) is 28.5 Å². The summed E-state index contributed by atoms with van der Waals surface area (Å²) in [5, 5.41) is 0. The van der Waals surface area contributed by atoms with Crippen LogP contribution in [0, 0.1) is 6.92 Å². The van der Waals surface area contributed by atoms with Crippen molar-refractivity contribution in [1.82, 2.24) is 0 Å². The van der Waals surface area contributed by atoms with E-state index in [1.165, 1.54) is 25.8 Å². The molecule has 1 aromatic rings. The molecule has 1 heterocycles. The minimum Gasteiger partial charge on any atom is -0.469 e. The summed E-state index contributed by atoms with van der Waals surface area (Å²) in [4.78, 5) is 24.2. The van der Waals surface area contributed by atoms with E-state index in [-0.39, 0.29) is 24.5 Å². The molecule has 1 aliphatic heterocycles. The molecule has 1 saturated heterocycles. The van der Waals surface area contributed by atoms with E-state index >= 15 is 0 Å². The molecular formula is C19H26O6S. The number of esters is 2. The molecule has 7 heteroatoms. The third-order valence-electron chi connectivity index (χ3n) is 3.86. The fourth-order valence-electron chi connectivity index (χ4n) is 2.80. The number of methoxy groups -OCH3 is 1. The van der Waals surface area contributed by atoms with Crippen molar-refractivity contribution in [3.8, 4) is 0 Å². The molecule has 0 aromatic heterocycles. The average Bonchev–Trinajstić information content (AvgIpc) is 2.54. The van der Waals surface area contributed by atoms with Gasteiger partial charge in [-0.15, -0.1) is 0 Å². The van der Waals surface area contributed by atoms with E-state index in [1.807, 2.05) is 31.2 Å². The van der Waals surface area contributed by atoms with Gasteiger partial charge in [-0.25, -0.2) is 0 Å². The summed E-state index contributed by atoms with van der Waals surface area (Å²) in [7, 11) is 1.35. The molecular weight excluding hydrogens is 356 g/mol. The molecule has 2 rings (SSSR count). The number of ether oxygens (including phenoxy) is 4. The molecule has 1 unspecified atom stereocenters. The minimum atomic E-state index is -0.895. The number of aryl methyl sites for hydroxylation is 1. The Kier molecular flexibility index (Phi) is 7.08. The monoisotopic (exact) mass is 382 g/mol. The van der Waals surface area contributed by atoms with E-state index in [9.17, 15) is 9.59 Å². The summed E-state index contributed by atoms with van der Waals surface area (Å²) in [6.07, 6.45) is -0.228. The second-order valence-electron chi connectivity index (χ2n) is 6.72. The standard InChI is InChI=1S/C19H26O6S/c1-12-6-8-15(9-7-12)26-18(23-13(2)20)16-10-14(11-17(21)22-5)24-19(3,4)25-16/h6-9,14,16,18H,10-11H2,1-5H3/t14-,16+,18?/m1/s1. The van der Waals surface area contributed by atoms with Crippen molar-refractivity contribution < 1.29 is 28.5 Å². The lowest BCUT2D eigenvalue weighted by Crippen LogP contribution is -2.49. The second-order valence-corrected chi connectivity index (χ2v) is 7.89. The Morgan fingerprint density at radius 2 is 1.92 bits per heavy atom. The number of rotatable bonds is 6. The van der Waals surface area contributed by atoms with Crippen LogP contribution in [0.25, 0.3) is 0 Å². The summed E-state index contributed by atoms with van der Waals surface area (Å²) in [6.45, 7) is 6.95. The van der Waals surface area contributed by atoms with Crippen molar-refractivity contribution in [2.45, 2.75) is 68.9 Å². The lowest BCUT2D eigenvalue weighted by Gasteiger charge is -2.42. The maximum Gasteiger partial charge on any atom is 0.308 e. The maximum absolute atomic E-state index is 11.6. The highest BCUT2D eigenvalue weighted by molar-refractivity contribution is 7.99. The number of hydrogen-bond acceptors (Lipinski definition) is 7. The van der Waals surface area contributed by atoms with Crippen molar-refractivity contribution >= 4 is 23.7 Å². The molecule has 0 bridgehead atoms. The smallest absolute Gasteiger partial charge is 0.308 e. The topological polar surface area (TPSA) is 71.1 Å². The third kappa shape index (κ3) is 6.30. The predicted octanol–water partition coefficient (Wildman–Crippen LogP) is 3.45. The lowest BCUT2D eigenvalue weighted by molar-refractivity contribution is -0.307. The van der Waals surface area contributed by atoms with Gasteiger partial charge >= 0.3 is 11.9 Å².